The van der Waals surface area contributed by atoms with Crippen molar-refractivity contribution in [1.29, 1.82) is 0 Å². The summed E-state index contributed by atoms with van der Waals surface area (Å²) in [5.41, 5.74) is 0. The highest BCUT2D eigenvalue weighted by molar-refractivity contribution is 5.76. The standard InChI is InChI=1S/C15H30N2O/c1-4-6-10-17(13(3)5-2)15(18)11-14-8-7-9-16-12-14/h13-14,16H,4-12H2,1-3H3. The average Bonchev–Trinajstić information content (AvgIpc) is 2.40. The molecule has 1 heterocycles. The van der Waals surface area contributed by atoms with E-state index in [4.69, 9.17) is 0 Å². The number of carbonyl (C=O) groups is 1. The molecule has 1 rings (SSSR count). The molecule has 0 bridgehead atoms. The van der Waals surface area contributed by atoms with Crippen LogP contribution in [0.25, 0.3) is 0 Å². The van der Waals surface area contributed by atoms with Gasteiger partial charge < -0.3 is 10.2 Å². The molecule has 2 unspecified atom stereocenters. The van der Waals surface area contributed by atoms with Gasteiger partial charge in [0.25, 0.3) is 0 Å². The third-order valence-electron chi connectivity index (χ3n) is 4.06. The minimum atomic E-state index is 0.367. The Morgan fingerprint density at radius 2 is 2.22 bits per heavy atom. The van der Waals surface area contributed by atoms with Crippen LogP contribution in [0.5, 0.6) is 0 Å². The summed E-state index contributed by atoms with van der Waals surface area (Å²) in [6, 6.07) is 0.389. The SMILES string of the molecule is CCCCN(C(=O)CC1CCCNC1)C(C)CC. The summed E-state index contributed by atoms with van der Waals surface area (Å²) in [7, 11) is 0. The fourth-order valence-electron chi connectivity index (χ4n) is 2.60. The first-order chi connectivity index (χ1) is 8.69. The Morgan fingerprint density at radius 1 is 1.44 bits per heavy atom. The van der Waals surface area contributed by atoms with Crippen molar-refractivity contribution in [3.05, 3.63) is 0 Å². The van der Waals surface area contributed by atoms with Crippen molar-refractivity contribution in [2.24, 2.45) is 5.92 Å². The van der Waals surface area contributed by atoms with Crippen LogP contribution in [0.2, 0.25) is 0 Å². The molecule has 3 heteroatoms. The highest BCUT2D eigenvalue weighted by Crippen LogP contribution is 2.17. The number of nitrogens with one attached hydrogen (secondary N) is 1. The van der Waals surface area contributed by atoms with Crippen LogP contribution in [0.1, 0.15) is 59.3 Å². The molecule has 0 spiro atoms. The number of hydrogen-bond donors (Lipinski definition) is 1. The molecule has 1 N–H and O–H groups in total. The van der Waals surface area contributed by atoms with Crippen molar-refractivity contribution >= 4 is 5.91 Å². The number of nitrogens with zero attached hydrogens (tertiary/aromatic N) is 1. The molecule has 1 aliphatic rings. The average molecular weight is 254 g/mol. The summed E-state index contributed by atoms with van der Waals surface area (Å²) in [6.45, 7) is 9.60. The molecule has 0 aromatic carbocycles. The fourth-order valence-corrected chi connectivity index (χ4v) is 2.60. The van der Waals surface area contributed by atoms with Gasteiger partial charge in [-0.05, 0) is 51.6 Å². The molecule has 1 aliphatic heterocycles. The van der Waals surface area contributed by atoms with Crippen LogP contribution in [0.4, 0.5) is 0 Å². The Bertz CT molecular complexity index is 237. The predicted molar refractivity (Wildman–Crippen MR) is 76.6 cm³/mol. The van der Waals surface area contributed by atoms with Gasteiger partial charge in [-0.15, -0.1) is 0 Å². The Labute approximate surface area is 112 Å². The van der Waals surface area contributed by atoms with Crippen molar-refractivity contribution < 1.29 is 4.79 Å². The Morgan fingerprint density at radius 3 is 2.78 bits per heavy atom. The molecule has 2 atom stereocenters. The van der Waals surface area contributed by atoms with Crippen molar-refractivity contribution in [3.63, 3.8) is 0 Å². The van der Waals surface area contributed by atoms with Gasteiger partial charge in [-0.1, -0.05) is 20.3 Å². The zero-order chi connectivity index (χ0) is 13.4. The summed E-state index contributed by atoms with van der Waals surface area (Å²) < 4.78 is 0. The van der Waals surface area contributed by atoms with Crippen LogP contribution in [0.15, 0.2) is 0 Å². The van der Waals surface area contributed by atoms with Gasteiger partial charge in [0.05, 0.1) is 0 Å². The lowest BCUT2D eigenvalue weighted by molar-refractivity contribution is -0.134. The second kappa shape index (κ2) is 8.52. The van der Waals surface area contributed by atoms with Gasteiger partial charge in [0.1, 0.15) is 0 Å². The topological polar surface area (TPSA) is 32.3 Å². The van der Waals surface area contributed by atoms with Crippen LogP contribution in [0, 0.1) is 5.92 Å². The van der Waals surface area contributed by atoms with Crippen LogP contribution in [-0.2, 0) is 4.79 Å². The molecule has 0 aromatic rings. The zero-order valence-corrected chi connectivity index (χ0v) is 12.4. The first-order valence-corrected chi connectivity index (χ1v) is 7.69. The number of piperidine rings is 1. The van der Waals surface area contributed by atoms with Crippen LogP contribution >= 0.6 is 0 Å². The highest BCUT2D eigenvalue weighted by atomic mass is 16.2. The monoisotopic (exact) mass is 254 g/mol. The van der Waals surface area contributed by atoms with Gasteiger partial charge in [-0.25, -0.2) is 0 Å². The van der Waals surface area contributed by atoms with Gasteiger partial charge in [-0.2, -0.15) is 0 Å². The molecule has 0 saturated carbocycles. The van der Waals surface area contributed by atoms with Gasteiger partial charge >= 0.3 is 0 Å². The van der Waals surface area contributed by atoms with Crippen LogP contribution < -0.4 is 5.32 Å². The van der Waals surface area contributed by atoms with E-state index >= 15 is 0 Å². The molecule has 106 valence electrons. The number of carbonyl (C=O) groups excluding carboxylic acids is 1. The molecule has 0 radical (unpaired) electrons. The van der Waals surface area contributed by atoms with E-state index in [2.05, 4.69) is 31.0 Å². The molecule has 1 fully saturated rings. The van der Waals surface area contributed by atoms with Crippen molar-refractivity contribution in [2.45, 2.75) is 65.3 Å². The third kappa shape index (κ3) is 4.97. The first-order valence-electron chi connectivity index (χ1n) is 7.69. The smallest absolute Gasteiger partial charge is 0.223 e. The van der Waals surface area contributed by atoms with Gasteiger partial charge in [-0.3, -0.25) is 4.79 Å². The lowest BCUT2D eigenvalue weighted by Gasteiger charge is -2.31. The lowest BCUT2D eigenvalue weighted by Crippen LogP contribution is -2.41. The third-order valence-corrected chi connectivity index (χ3v) is 4.06. The Kier molecular flexibility index (Phi) is 7.33. The van der Waals surface area contributed by atoms with E-state index in [0.29, 0.717) is 17.9 Å². The van der Waals surface area contributed by atoms with E-state index in [-0.39, 0.29) is 0 Å². The van der Waals surface area contributed by atoms with Crippen molar-refractivity contribution in [1.82, 2.24) is 10.2 Å². The normalized spacial score (nSPS) is 21.6. The minimum Gasteiger partial charge on any atom is -0.340 e. The Balaban J connectivity index is 2.46. The van der Waals surface area contributed by atoms with E-state index in [1.54, 1.807) is 0 Å². The number of hydrogen-bond acceptors (Lipinski definition) is 2. The maximum absolute atomic E-state index is 12.4. The molecule has 1 saturated heterocycles. The number of unbranched alkanes of at least 4 members (excludes halogenated alkanes) is 1. The summed E-state index contributed by atoms with van der Waals surface area (Å²) in [6.07, 6.45) is 6.50. The largest absolute Gasteiger partial charge is 0.340 e. The summed E-state index contributed by atoms with van der Waals surface area (Å²) in [4.78, 5) is 14.5. The second-order valence-corrected chi connectivity index (χ2v) is 5.61. The summed E-state index contributed by atoms with van der Waals surface area (Å²) >= 11 is 0. The Hall–Kier alpha value is -0.570. The molecule has 1 amide bonds. The maximum Gasteiger partial charge on any atom is 0.223 e. The van der Waals surface area contributed by atoms with E-state index in [0.717, 1.165) is 45.3 Å². The molecule has 0 aromatic heterocycles. The molecule has 0 aliphatic carbocycles. The molecule has 3 nitrogen and oxygen atoms in total. The fraction of sp³-hybridized carbons (Fsp3) is 0.933. The van der Waals surface area contributed by atoms with E-state index in [1.807, 2.05) is 0 Å². The van der Waals surface area contributed by atoms with Crippen molar-refractivity contribution in [3.8, 4) is 0 Å². The lowest BCUT2D eigenvalue weighted by atomic mass is 9.95. The molecular weight excluding hydrogens is 224 g/mol. The molecule has 18 heavy (non-hydrogen) atoms. The van der Waals surface area contributed by atoms with E-state index in [1.165, 1.54) is 12.8 Å². The predicted octanol–water partition coefficient (Wildman–Crippen LogP) is 2.80. The van der Waals surface area contributed by atoms with Gasteiger partial charge in [0, 0.05) is 19.0 Å². The zero-order valence-electron chi connectivity index (χ0n) is 12.4. The molecular formula is C15H30N2O. The number of amides is 1. The second-order valence-electron chi connectivity index (χ2n) is 5.61. The quantitative estimate of drug-likeness (QED) is 0.757. The van der Waals surface area contributed by atoms with E-state index < -0.39 is 0 Å². The van der Waals surface area contributed by atoms with E-state index in [9.17, 15) is 4.79 Å². The number of rotatable bonds is 7. The first kappa shape index (κ1) is 15.5. The van der Waals surface area contributed by atoms with Gasteiger partial charge in [0.15, 0.2) is 0 Å². The van der Waals surface area contributed by atoms with Crippen molar-refractivity contribution in [2.75, 3.05) is 19.6 Å². The summed E-state index contributed by atoms with van der Waals surface area (Å²) in [5, 5.41) is 3.39. The maximum atomic E-state index is 12.4. The van der Waals surface area contributed by atoms with Crippen LogP contribution in [0.3, 0.4) is 0 Å². The minimum absolute atomic E-state index is 0.367. The van der Waals surface area contributed by atoms with Gasteiger partial charge in [0.2, 0.25) is 5.91 Å². The summed E-state index contributed by atoms with van der Waals surface area (Å²) in [5.74, 6) is 0.922. The van der Waals surface area contributed by atoms with Crippen LogP contribution in [-0.4, -0.2) is 36.5 Å². The highest BCUT2D eigenvalue weighted by Gasteiger charge is 2.23.